The number of para-hydroxylation sites is 2. The van der Waals surface area contributed by atoms with Crippen molar-refractivity contribution in [3.63, 3.8) is 0 Å². The zero-order chi connectivity index (χ0) is 20.8. The van der Waals surface area contributed by atoms with E-state index in [0.29, 0.717) is 11.3 Å². The predicted molar refractivity (Wildman–Crippen MR) is 108 cm³/mol. The van der Waals surface area contributed by atoms with Gasteiger partial charge in [-0.3, -0.25) is 4.79 Å². The smallest absolute Gasteiger partial charge is 0.387 e. The Kier molecular flexibility index (Phi) is 6.92. The number of nitrogens with zero attached hydrogens (tertiary/aromatic N) is 2. The highest BCUT2D eigenvalue weighted by Gasteiger charge is 2.14. The third-order valence-corrected chi connectivity index (χ3v) is 4.79. The molecule has 6 nitrogen and oxygen atoms in total. The molecule has 0 aliphatic heterocycles. The van der Waals surface area contributed by atoms with Crippen molar-refractivity contribution in [1.82, 2.24) is 14.9 Å². The highest BCUT2D eigenvalue weighted by atomic mass is 32.2. The molecule has 0 unspecified atom stereocenters. The SMILES string of the molecule is COc1cc(CNC(=O)Cn2c(CSC)nc3ccccc32)ccc1OC(F)F. The Bertz CT molecular complexity index is 994. The van der Waals surface area contributed by atoms with Crippen LogP contribution in [0.5, 0.6) is 11.5 Å². The van der Waals surface area contributed by atoms with Crippen LogP contribution in [-0.4, -0.2) is 35.4 Å². The molecule has 1 aromatic heterocycles. The largest absolute Gasteiger partial charge is 0.493 e. The average Bonchev–Trinajstić information content (AvgIpc) is 3.04. The van der Waals surface area contributed by atoms with Gasteiger partial charge in [0.2, 0.25) is 5.91 Å². The van der Waals surface area contributed by atoms with Crippen molar-refractivity contribution in [1.29, 1.82) is 0 Å². The van der Waals surface area contributed by atoms with E-state index in [0.717, 1.165) is 16.9 Å². The Morgan fingerprint density at radius 3 is 2.76 bits per heavy atom. The maximum absolute atomic E-state index is 12.5. The van der Waals surface area contributed by atoms with Gasteiger partial charge in [0, 0.05) is 6.54 Å². The van der Waals surface area contributed by atoms with E-state index in [1.165, 1.54) is 13.2 Å². The van der Waals surface area contributed by atoms with Gasteiger partial charge in [-0.25, -0.2) is 4.98 Å². The molecule has 0 fully saturated rings. The second kappa shape index (κ2) is 9.60. The molecule has 1 N–H and O–H groups in total. The number of alkyl halides is 2. The van der Waals surface area contributed by atoms with Crippen LogP contribution in [0.1, 0.15) is 11.4 Å². The molecule has 2 aromatic carbocycles. The van der Waals surface area contributed by atoms with E-state index in [2.05, 4.69) is 15.0 Å². The number of rotatable bonds is 9. The van der Waals surface area contributed by atoms with Crippen molar-refractivity contribution in [3.05, 3.63) is 53.9 Å². The number of halogens is 2. The van der Waals surface area contributed by atoms with Crippen LogP contribution in [0.2, 0.25) is 0 Å². The van der Waals surface area contributed by atoms with Gasteiger partial charge in [0.1, 0.15) is 12.4 Å². The van der Waals surface area contributed by atoms with Crippen LogP contribution >= 0.6 is 11.8 Å². The first-order chi connectivity index (χ1) is 14.0. The number of fused-ring (bicyclic) bond motifs is 1. The van der Waals surface area contributed by atoms with Crippen LogP contribution in [0.15, 0.2) is 42.5 Å². The average molecular weight is 421 g/mol. The lowest BCUT2D eigenvalue weighted by Crippen LogP contribution is -2.27. The predicted octanol–water partition coefficient (Wildman–Crippen LogP) is 3.83. The van der Waals surface area contributed by atoms with Gasteiger partial charge in [-0.05, 0) is 36.1 Å². The van der Waals surface area contributed by atoms with Crippen LogP contribution in [-0.2, 0) is 23.6 Å². The third kappa shape index (κ3) is 5.17. The van der Waals surface area contributed by atoms with Crippen molar-refractivity contribution in [3.8, 4) is 11.5 Å². The minimum atomic E-state index is -2.94. The second-order valence-corrected chi connectivity index (χ2v) is 7.04. The van der Waals surface area contributed by atoms with Crippen LogP contribution in [0, 0.1) is 0 Å². The van der Waals surface area contributed by atoms with Gasteiger partial charge in [0.15, 0.2) is 11.5 Å². The number of benzene rings is 2. The van der Waals surface area contributed by atoms with E-state index in [4.69, 9.17) is 4.74 Å². The fraction of sp³-hybridized carbons (Fsp3) is 0.300. The number of carbonyl (C=O) groups is 1. The first-order valence-electron chi connectivity index (χ1n) is 8.83. The summed E-state index contributed by atoms with van der Waals surface area (Å²) in [6.45, 7) is -2.57. The summed E-state index contributed by atoms with van der Waals surface area (Å²) in [5, 5.41) is 2.84. The van der Waals surface area contributed by atoms with E-state index in [1.807, 2.05) is 35.1 Å². The van der Waals surface area contributed by atoms with Crippen LogP contribution < -0.4 is 14.8 Å². The highest BCUT2D eigenvalue weighted by molar-refractivity contribution is 7.97. The Morgan fingerprint density at radius 1 is 1.24 bits per heavy atom. The van der Waals surface area contributed by atoms with Crippen molar-refractivity contribution in [2.75, 3.05) is 13.4 Å². The number of imidazole rings is 1. The molecule has 0 saturated heterocycles. The molecule has 9 heteroatoms. The molecule has 0 saturated carbocycles. The summed E-state index contributed by atoms with van der Waals surface area (Å²) in [5.74, 6) is 1.49. The lowest BCUT2D eigenvalue weighted by molar-refractivity contribution is -0.121. The highest BCUT2D eigenvalue weighted by Crippen LogP contribution is 2.29. The Balaban J connectivity index is 1.69. The maximum Gasteiger partial charge on any atom is 0.387 e. The summed E-state index contributed by atoms with van der Waals surface area (Å²) < 4.78 is 36.2. The van der Waals surface area contributed by atoms with Gasteiger partial charge in [0.25, 0.3) is 0 Å². The van der Waals surface area contributed by atoms with E-state index in [1.54, 1.807) is 23.9 Å². The van der Waals surface area contributed by atoms with Gasteiger partial charge < -0.3 is 19.4 Å². The maximum atomic E-state index is 12.5. The van der Waals surface area contributed by atoms with E-state index in [9.17, 15) is 13.6 Å². The zero-order valence-corrected chi connectivity index (χ0v) is 16.8. The quantitative estimate of drug-likeness (QED) is 0.569. The topological polar surface area (TPSA) is 65.4 Å². The Labute approximate surface area is 171 Å². The number of thioether (sulfide) groups is 1. The van der Waals surface area contributed by atoms with Gasteiger partial charge in [0.05, 0.1) is 23.9 Å². The summed E-state index contributed by atoms with van der Waals surface area (Å²) in [6, 6.07) is 12.2. The van der Waals surface area contributed by atoms with E-state index >= 15 is 0 Å². The van der Waals surface area contributed by atoms with Crippen LogP contribution in [0.25, 0.3) is 11.0 Å². The molecule has 0 aliphatic carbocycles. The molecule has 1 amide bonds. The number of carbonyl (C=O) groups excluding carboxylic acids is 1. The minimum Gasteiger partial charge on any atom is -0.493 e. The molecule has 29 heavy (non-hydrogen) atoms. The number of hydrogen-bond donors (Lipinski definition) is 1. The number of methoxy groups -OCH3 is 1. The molecule has 0 aliphatic rings. The fourth-order valence-electron chi connectivity index (χ4n) is 2.96. The number of nitrogens with one attached hydrogen (secondary N) is 1. The lowest BCUT2D eigenvalue weighted by atomic mass is 10.2. The second-order valence-electron chi connectivity index (χ2n) is 6.18. The Morgan fingerprint density at radius 2 is 2.03 bits per heavy atom. The molecule has 0 radical (unpaired) electrons. The molecule has 3 aromatic rings. The van der Waals surface area contributed by atoms with Crippen molar-refractivity contribution < 1.29 is 23.0 Å². The first-order valence-corrected chi connectivity index (χ1v) is 10.2. The molecule has 3 rings (SSSR count). The van der Waals surface area contributed by atoms with E-state index in [-0.39, 0.29) is 30.5 Å². The van der Waals surface area contributed by atoms with Crippen molar-refractivity contribution >= 4 is 28.7 Å². The standard InChI is InChI=1S/C20H21F2N3O3S/c1-27-17-9-13(7-8-16(17)28-20(21)22)10-23-19(26)11-25-15-6-4-3-5-14(15)24-18(25)12-29-2/h3-9,20H,10-12H2,1-2H3,(H,23,26). The molecular formula is C20H21F2N3O3S. The van der Waals surface area contributed by atoms with Crippen LogP contribution in [0.4, 0.5) is 8.78 Å². The van der Waals surface area contributed by atoms with Crippen molar-refractivity contribution in [2.24, 2.45) is 0 Å². The lowest BCUT2D eigenvalue weighted by Gasteiger charge is -2.13. The summed E-state index contributed by atoms with van der Waals surface area (Å²) in [4.78, 5) is 17.1. The number of aromatic nitrogens is 2. The molecule has 1 heterocycles. The molecule has 0 spiro atoms. The number of hydrogen-bond acceptors (Lipinski definition) is 5. The first kappa shape index (κ1) is 20.9. The van der Waals surface area contributed by atoms with Gasteiger partial charge >= 0.3 is 6.61 Å². The number of amides is 1. The molecule has 0 atom stereocenters. The number of ether oxygens (including phenoxy) is 2. The summed E-state index contributed by atoms with van der Waals surface area (Å²) in [6.07, 6.45) is 1.98. The summed E-state index contributed by atoms with van der Waals surface area (Å²) in [7, 11) is 1.37. The van der Waals surface area contributed by atoms with Gasteiger partial charge in [-0.15, -0.1) is 0 Å². The zero-order valence-electron chi connectivity index (χ0n) is 16.0. The Hall–Kier alpha value is -2.81. The summed E-state index contributed by atoms with van der Waals surface area (Å²) >= 11 is 1.64. The van der Waals surface area contributed by atoms with Crippen molar-refractivity contribution in [2.45, 2.75) is 25.5 Å². The van der Waals surface area contributed by atoms with Crippen LogP contribution in [0.3, 0.4) is 0 Å². The third-order valence-electron chi connectivity index (χ3n) is 4.24. The van der Waals surface area contributed by atoms with E-state index < -0.39 is 6.61 Å². The molecule has 154 valence electrons. The molecular weight excluding hydrogens is 400 g/mol. The molecule has 0 bridgehead atoms. The van der Waals surface area contributed by atoms with Gasteiger partial charge in [-0.2, -0.15) is 20.5 Å². The fourth-order valence-corrected chi connectivity index (χ4v) is 3.44. The minimum absolute atomic E-state index is 0.0517. The summed E-state index contributed by atoms with van der Waals surface area (Å²) in [5.41, 5.74) is 2.46. The monoisotopic (exact) mass is 421 g/mol. The normalized spacial score (nSPS) is 11.1. The van der Waals surface area contributed by atoms with Gasteiger partial charge in [-0.1, -0.05) is 18.2 Å².